The molecule has 0 aliphatic carbocycles. The molecule has 1 aromatic heterocycles. The van der Waals surface area contributed by atoms with Crippen LogP contribution in [0.25, 0.3) is 11.1 Å². The quantitative estimate of drug-likeness (QED) is 0.719. The van der Waals surface area contributed by atoms with Crippen molar-refractivity contribution in [2.24, 2.45) is 0 Å². The highest BCUT2D eigenvalue weighted by Gasteiger charge is 2.05. The standard InChI is InChI=1S/C19H16N4O2S/c1-26(24,25)23-18-4-2-3-15(9-18)16-10-19(13-21-12-16)22-17-7-5-14(11-20)6-8-17/h2-10,12-13,22-23H,1H3. The van der Waals surface area contributed by atoms with Crippen molar-refractivity contribution in [3.63, 3.8) is 0 Å². The summed E-state index contributed by atoms with van der Waals surface area (Å²) < 4.78 is 25.3. The summed E-state index contributed by atoms with van der Waals surface area (Å²) >= 11 is 0. The monoisotopic (exact) mass is 364 g/mol. The number of nitriles is 1. The molecule has 2 aromatic carbocycles. The van der Waals surface area contributed by atoms with Crippen molar-refractivity contribution in [1.29, 1.82) is 5.26 Å². The van der Waals surface area contributed by atoms with E-state index in [1.54, 1.807) is 42.7 Å². The van der Waals surface area contributed by atoms with Crippen molar-refractivity contribution in [3.05, 3.63) is 72.6 Å². The van der Waals surface area contributed by atoms with Gasteiger partial charge in [0.15, 0.2) is 0 Å². The van der Waals surface area contributed by atoms with Gasteiger partial charge in [0.05, 0.1) is 29.8 Å². The SMILES string of the molecule is CS(=O)(=O)Nc1cccc(-c2cncc(Nc3ccc(C#N)cc3)c2)c1. The van der Waals surface area contributed by atoms with E-state index in [4.69, 9.17) is 5.26 Å². The topological polar surface area (TPSA) is 94.9 Å². The molecule has 7 heteroatoms. The van der Waals surface area contributed by atoms with E-state index in [0.717, 1.165) is 28.8 Å². The minimum absolute atomic E-state index is 0.496. The molecule has 0 bridgehead atoms. The average molecular weight is 364 g/mol. The van der Waals surface area contributed by atoms with Crippen molar-refractivity contribution in [2.45, 2.75) is 0 Å². The molecule has 0 atom stereocenters. The molecule has 6 nitrogen and oxygen atoms in total. The van der Waals surface area contributed by atoms with E-state index in [0.29, 0.717) is 11.3 Å². The lowest BCUT2D eigenvalue weighted by Crippen LogP contribution is -2.09. The molecule has 3 aromatic rings. The molecule has 1 heterocycles. The number of pyridine rings is 1. The van der Waals surface area contributed by atoms with Crippen LogP contribution in [0.15, 0.2) is 67.0 Å². The number of hydrogen-bond donors (Lipinski definition) is 2. The second-order valence-corrected chi connectivity index (χ2v) is 7.48. The highest BCUT2D eigenvalue weighted by molar-refractivity contribution is 7.92. The maximum absolute atomic E-state index is 11.4. The van der Waals surface area contributed by atoms with Crippen molar-refractivity contribution in [2.75, 3.05) is 16.3 Å². The molecule has 0 saturated carbocycles. The molecule has 0 spiro atoms. The minimum Gasteiger partial charge on any atom is -0.354 e. The maximum Gasteiger partial charge on any atom is 0.229 e. The van der Waals surface area contributed by atoms with Crippen LogP contribution in [0.5, 0.6) is 0 Å². The number of aromatic nitrogens is 1. The Morgan fingerprint density at radius 1 is 0.923 bits per heavy atom. The van der Waals surface area contributed by atoms with Gasteiger partial charge in [0.1, 0.15) is 0 Å². The van der Waals surface area contributed by atoms with E-state index in [-0.39, 0.29) is 0 Å². The summed E-state index contributed by atoms with van der Waals surface area (Å²) in [6, 6.07) is 18.2. The van der Waals surface area contributed by atoms with Crippen LogP contribution in [0.2, 0.25) is 0 Å². The molecular formula is C19H16N4O2S. The van der Waals surface area contributed by atoms with Crippen molar-refractivity contribution >= 4 is 27.1 Å². The van der Waals surface area contributed by atoms with Crippen LogP contribution in [-0.2, 0) is 10.0 Å². The van der Waals surface area contributed by atoms with Gasteiger partial charge in [-0.1, -0.05) is 12.1 Å². The first-order valence-corrected chi connectivity index (χ1v) is 9.62. The summed E-state index contributed by atoms with van der Waals surface area (Å²) in [5.41, 5.74) is 4.41. The molecule has 0 amide bonds. The molecule has 2 N–H and O–H groups in total. The number of nitrogens with zero attached hydrogens (tertiary/aromatic N) is 2. The zero-order valence-electron chi connectivity index (χ0n) is 14.0. The number of nitrogens with one attached hydrogen (secondary N) is 2. The third-order valence-electron chi connectivity index (χ3n) is 3.54. The highest BCUT2D eigenvalue weighted by atomic mass is 32.2. The molecule has 0 fully saturated rings. The maximum atomic E-state index is 11.4. The summed E-state index contributed by atoms with van der Waals surface area (Å²) in [4.78, 5) is 4.24. The molecule has 0 radical (unpaired) electrons. The second kappa shape index (κ2) is 7.25. The number of sulfonamides is 1. The Morgan fingerprint density at radius 3 is 2.35 bits per heavy atom. The molecule has 0 unspecified atom stereocenters. The Hall–Kier alpha value is -3.37. The fraction of sp³-hybridized carbons (Fsp3) is 0.0526. The smallest absolute Gasteiger partial charge is 0.229 e. The van der Waals surface area contributed by atoms with Gasteiger partial charge in [-0.3, -0.25) is 9.71 Å². The molecule has 3 rings (SSSR count). The summed E-state index contributed by atoms with van der Waals surface area (Å²) in [6.07, 6.45) is 4.52. The van der Waals surface area contributed by atoms with E-state index in [1.807, 2.05) is 24.3 Å². The van der Waals surface area contributed by atoms with Gasteiger partial charge in [0.25, 0.3) is 0 Å². The Bertz CT molecular complexity index is 1070. The van der Waals surface area contributed by atoms with Crippen LogP contribution in [0, 0.1) is 11.3 Å². The zero-order valence-corrected chi connectivity index (χ0v) is 14.8. The highest BCUT2D eigenvalue weighted by Crippen LogP contribution is 2.26. The molecule has 0 aliphatic heterocycles. The average Bonchev–Trinajstić information content (AvgIpc) is 2.61. The van der Waals surface area contributed by atoms with Crippen LogP contribution >= 0.6 is 0 Å². The Balaban J connectivity index is 1.85. The predicted octanol–water partition coefficient (Wildman–Crippen LogP) is 3.74. The van der Waals surface area contributed by atoms with Gasteiger partial charge in [0.2, 0.25) is 10.0 Å². The fourth-order valence-corrected chi connectivity index (χ4v) is 2.99. The van der Waals surface area contributed by atoms with E-state index in [2.05, 4.69) is 21.1 Å². The summed E-state index contributed by atoms with van der Waals surface area (Å²) in [7, 11) is -3.33. The van der Waals surface area contributed by atoms with Crippen LogP contribution in [-0.4, -0.2) is 19.7 Å². The number of benzene rings is 2. The van der Waals surface area contributed by atoms with Gasteiger partial charge < -0.3 is 5.32 Å². The minimum atomic E-state index is -3.33. The van der Waals surface area contributed by atoms with Crippen molar-refractivity contribution in [3.8, 4) is 17.2 Å². The largest absolute Gasteiger partial charge is 0.354 e. The molecule has 0 saturated heterocycles. The third kappa shape index (κ3) is 4.59. The first kappa shape index (κ1) is 17.5. The van der Waals surface area contributed by atoms with Gasteiger partial charge in [-0.25, -0.2) is 8.42 Å². The number of hydrogen-bond acceptors (Lipinski definition) is 5. The summed E-state index contributed by atoms with van der Waals surface area (Å²) in [6.45, 7) is 0. The van der Waals surface area contributed by atoms with Gasteiger partial charge in [-0.2, -0.15) is 5.26 Å². The van der Waals surface area contributed by atoms with E-state index >= 15 is 0 Å². The van der Waals surface area contributed by atoms with Crippen LogP contribution in [0.3, 0.4) is 0 Å². The predicted molar refractivity (Wildman–Crippen MR) is 103 cm³/mol. The van der Waals surface area contributed by atoms with E-state index in [9.17, 15) is 8.42 Å². The first-order chi connectivity index (χ1) is 12.4. The lowest BCUT2D eigenvalue weighted by atomic mass is 10.1. The van der Waals surface area contributed by atoms with Gasteiger partial charge in [-0.05, 0) is 48.0 Å². The molecular weight excluding hydrogens is 348 g/mol. The van der Waals surface area contributed by atoms with Crippen LogP contribution in [0.4, 0.5) is 17.1 Å². The van der Waals surface area contributed by atoms with Gasteiger partial charge in [0, 0.05) is 23.1 Å². The molecule has 130 valence electrons. The summed E-state index contributed by atoms with van der Waals surface area (Å²) in [5, 5.41) is 12.1. The second-order valence-electron chi connectivity index (χ2n) is 5.73. The summed E-state index contributed by atoms with van der Waals surface area (Å²) in [5.74, 6) is 0. The lowest BCUT2D eigenvalue weighted by molar-refractivity contribution is 0.607. The molecule has 0 aliphatic rings. The van der Waals surface area contributed by atoms with E-state index < -0.39 is 10.0 Å². The Kier molecular flexibility index (Phi) is 4.87. The zero-order chi connectivity index (χ0) is 18.6. The van der Waals surface area contributed by atoms with Crippen LogP contribution < -0.4 is 10.0 Å². The van der Waals surface area contributed by atoms with Crippen molar-refractivity contribution < 1.29 is 8.42 Å². The lowest BCUT2D eigenvalue weighted by Gasteiger charge is -2.10. The third-order valence-corrected chi connectivity index (χ3v) is 4.15. The Labute approximate surface area is 152 Å². The first-order valence-electron chi connectivity index (χ1n) is 7.73. The number of anilines is 3. The van der Waals surface area contributed by atoms with Crippen LogP contribution in [0.1, 0.15) is 5.56 Å². The van der Waals surface area contributed by atoms with Gasteiger partial charge in [-0.15, -0.1) is 0 Å². The number of rotatable bonds is 5. The normalized spacial score (nSPS) is 10.8. The van der Waals surface area contributed by atoms with Gasteiger partial charge >= 0.3 is 0 Å². The van der Waals surface area contributed by atoms with Crippen molar-refractivity contribution in [1.82, 2.24) is 4.98 Å². The molecule has 26 heavy (non-hydrogen) atoms. The fourth-order valence-electron chi connectivity index (χ4n) is 2.44. The Morgan fingerprint density at radius 2 is 1.65 bits per heavy atom. The van der Waals surface area contributed by atoms with E-state index in [1.165, 1.54) is 0 Å².